The molecule has 0 fully saturated rings. The highest BCUT2D eigenvalue weighted by Crippen LogP contribution is 2.23. The molecule has 2 aromatic carbocycles. The summed E-state index contributed by atoms with van der Waals surface area (Å²) in [6.07, 6.45) is 0. The Labute approximate surface area is 152 Å². The molecule has 1 N–H and O–H groups in total. The smallest absolute Gasteiger partial charge is 0.387 e. The topological polar surface area (TPSA) is 73.9 Å². The van der Waals surface area contributed by atoms with Crippen LogP contribution in [0.5, 0.6) is 11.5 Å². The van der Waals surface area contributed by atoms with E-state index in [0.29, 0.717) is 10.7 Å². The number of rotatable bonds is 7. The first-order valence-electron chi connectivity index (χ1n) is 7.24. The van der Waals surface area contributed by atoms with E-state index in [2.05, 4.69) is 10.1 Å². The summed E-state index contributed by atoms with van der Waals surface area (Å²) in [7, 11) is 1.38. The molecule has 0 unspecified atom stereocenters. The summed E-state index contributed by atoms with van der Waals surface area (Å²) in [5.41, 5.74) is 0.411. The molecule has 0 heterocycles. The molecule has 26 heavy (non-hydrogen) atoms. The molecular formula is C17H14ClF2NO5. The molecule has 2 aromatic rings. The first-order chi connectivity index (χ1) is 12.4. The highest BCUT2D eigenvalue weighted by molar-refractivity contribution is 6.31. The predicted molar refractivity (Wildman–Crippen MR) is 90.0 cm³/mol. The highest BCUT2D eigenvalue weighted by atomic mass is 35.5. The van der Waals surface area contributed by atoms with Crippen LogP contribution in [0.3, 0.4) is 0 Å². The number of nitrogens with one attached hydrogen (secondary N) is 1. The van der Waals surface area contributed by atoms with Crippen molar-refractivity contribution in [1.29, 1.82) is 0 Å². The van der Waals surface area contributed by atoms with Crippen molar-refractivity contribution in [3.8, 4) is 11.5 Å². The molecule has 0 aliphatic carbocycles. The summed E-state index contributed by atoms with van der Waals surface area (Å²) in [5.74, 6) is -1.17. The number of amides is 1. The van der Waals surface area contributed by atoms with Crippen LogP contribution in [-0.4, -0.2) is 32.2 Å². The average Bonchev–Trinajstić information content (AvgIpc) is 2.61. The molecule has 9 heteroatoms. The third kappa shape index (κ3) is 5.59. The van der Waals surface area contributed by atoms with Crippen LogP contribution >= 0.6 is 11.6 Å². The number of halogens is 3. The Morgan fingerprint density at radius 2 is 1.85 bits per heavy atom. The molecule has 0 atom stereocenters. The van der Waals surface area contributed by atoms with Gasteiger partial charge in [-0.2, -0.15) is 8.78 Å². The van der Waals surface area contributed by atoms with Crippen LogP contribution in [0.2, 0.25) is 5.02 Å². The number of anilines is 1. The second kappa shape index (κ2) is 9.00. The maximum Gasteiger partial charge on any atom is 0.387 e. The van der Waals surface area contributed by atoms with Crippen molar-refractivity contribution in [3.05, 3.63) is 53.1 Å². The minimum atomic E-state index is -2.93. The van der Waals surface area contributed by atoms with Crippen molar-refractivity contribution in [2.45, 2.75) is 6.61 Å². The van der Waals surface area contributed by atoms with Gasteiger partial charge in [0.25, 0.3) is 5.91 Å². The molecule has 0 saturated heterocycles. The van der Waals surface area contributed by atoms with Gasteiger partial charge >= 0.3 is 12.6 Å². The van der Waals surface area contributed by atoms with E-state index in [1.807, 2.05) is 0 Å². The number of carbonyl (C=O) groups excluding carboxylic acids is 2. The number of carbonyl (C=O) groups is 2. The molecule has 0 aliphatic rings. The predicted octanol–water partition coefficient (Wildman–Crippen LogP) is 3.75. The van der Waals surface area contributed by atoms with Gasteiger partial charge in [0.15, 0.2) is 6.61 Å². The van der Waals surface area contributed by atoms with Gasteiger partial charge in [-0.3, -0.25) is 4.79 Å². The Bertz CT molecular complexity index is 783. The van der Waals surface area contributed by atoms with Crippen molar-refractivity contribution in [2.24, 2.45) is 0 Å². The zero-order chi connectivity index (χ0) is 19.1. The molecule has 6 nitrogen and oxygen atoms in total. The summed E-state index contributed by atoms with van der Waals surface area (Å²) >= 11 is 5.83. The van der Waals surface area contributed by atoms with Crippen molar-refractivity contribution >= 4 is 29.2 Å². The van der Waals surface area contributed by atoms with Crippen molar-refractivity contribution < 1.29 is 32.6 Å². The summed E-state index contributed by atoms with van der Waals surface area (Å²) in [5, 5.41) is 2.77. The van der Waals surface area contributed by atoms with Gasteiger partial charge in [-0.1, -0.05) is 11.6 Å². The second-order valence-electron chi connectivity index (χ2n) is 4.87. The summed E-state index contributed by atoms with van der Waals surface area (Å²) < 4.78 is 38.3. The van der Waals surface area contributed by atoms with E-state index in [1.165, 1.54) is 43.5 Å². The lowest BCUT2D eigenvalue weighted by molar-refractivity contribution is -0.119. The SMILES string of the molecule is COc1ccc(Cl)cc1C(=O)OCC(=O)Nc1ccc(OC(F)F)cc1. The Balaban J connectivity index is 1.90. The summed E-state index contributed by atoms with van der Waals surface area (Å²) in [4.78, 5) is 23.9. The summed E-state index contributed by atoms with van der Waals surface area (Å²) in [6.45, 7) is -3.48. The molecule has 0 radical (unpaired) electrons. The maximum atomic E-state index is 12.1. The van der Waals surface area contributed by atoms with Crippen molar-refractivity contribution in [3.63, 3.8) is 0 Å². The van der Waals surface area contributed by atoms with E-state index in [-0.39, 0.29) is 17.1 Å². The van der Waals surface area contributed by atoms with Crippen LogP contribution in [0.25, 0.3) is 0 Å². The van der Waals surface area contributed by atoms with Gasteiger partial charge in [0, 0.05) is 10.7 Å². The minimum absolute atomic E-state index is 0.0440. The Kier molecular flexibility index (Phi) is 6.74. The van der Waals surface area contributed by atoms with E-state index in [9.17, 15) is 18.4 Å². The van der Waals surface area contributed by atoms with Crippen LogP contribution in [0.4, 0.5) is 14.5 Å². The lowest BCUT2D eigenvalue weighted by atomic mass is 10.2. The van der Waals surface area contributed by atoms with Gasteiger partial charge in [-0.05, 0) is 42.5 Å². The van der Waals surface area contributed by atoms with Crippen LogP contribution in [0.1, 0.15) is 10.4 Å². The minimum Gasteiger partial charge on any atom is -0.496 e. The zero-order valence-corrected chi connectivity index (χ0v) is 14.3. The van der Waals surface area contributed by atoms with Gasteiger partial charge in [0.2, 0.25) is 0 Å². The van der Waals surface area contributed by atoms with Crippen LogP contribution in [-0.2, 0) is 9.53 Å². The molecule has 138 valence electrons. The third-order valence-electron chi connectivity index (χ3n) is 3.08. The first-order valence-corrected chi connectivity index (χ1v) is 7.62. The monoisotopic (exact) mass is 385 g/mol. The second-order valence-corrected chi connectivity index (χ2v) is 5.31. The molecule has 1 amide bonds. The number of hydrogen-bond acceptors (Lipinski definition) is 5. The molecule has 0 bridgehead atoms. The van der Waals surface area contributed by atoms with Crippen LogP contribution in [0, 0.1) is 0 Å². The summed E-state index contributed by atoms with van der Waals surface area (Å²) in [6, 6.07) is 9.69. The average molecular weight is 386 g/mol. The maximum absolute atomic E-state index is 12.1. The fourth-order valence-corrected chi connectivity index (χ4v) is 2.14. The number of alkyl halides is 2. The normalized spacial score (nSPS) is 10.3. The third-order valence-corrected chi connectivity index (χ3v) is 3.31. The first kappa shape index (κ1) is 19.5. The number of hydrogen-bond donors (Lipinski definition) is 1. The number of methoxy groups -OCH3 is 1. The molecule has 0 aromatic heterocycles. The quantitative estimate of drug-likeness (QED) is 0.735. The van der Waals surface area contributed by atoms with Gasteiger partial charge < -0.3 is 19.5 Å². The van der Waals surface area contributed by atoms with E-state index in [4.69, 9.17) is 21.1 Å². The van der Waals surface area contributed by atoms with Crippen LogP contribution in [0.15, 0.2) is 42.5 Å². The largest absolute Gasteiger partial charge is 0.496 e. The lowest BCUT2D eigenvalue weighted by Crippen LogP contribution is -2.21. The fraction of sp³-hybridized carbons (Fsp3) is 0.176. The van der Waals surface area contributed by atoms with Gasteiger partial charge in [0.05, 0.1) is 7.11 Å². The van der Waals surface area contributed by atoms with Gasteiger partial charge in [-0.25, -0.2) is 4.79 Å². The molecule has 0 saturated carbocycles. The van der Waals surface area contributed by atoms with Gasteiger partial charge in [0.1, 0.15) is 17.1 Å². The Hall–Kier alpha value is -2.87. The fourth-order valence-electron chi connectivity index (χ4n) is 1.97. The van der Waals surface area contributed by atoms with Gasteiger partial charge in [-0.15, -0.1) is 0 Å². The Morgan fingerprint density at radius 1 is 1.15 bits per heavy atom. The molecule has 0 spiro atoms. The highest BCUT2D eigenvalue weighted by Gasteiger charge is 2.16. The molecular weight excluding hydrogens is 372 g/mol. The van der Waals surface area contributed by atoms with Crippen molar-refractivity contribution in [1.82, 2.24) is 0 Å². The molecule has 0 aliphatic heterocycles. The van der Waals surface area contributed by atoms with Crippen LogP contribution < -0.4 is 14.8 Å². The zero-order valence-electron chi connectivity index (χ0n) is 13.5. The van der Waals surface area contributed by atoms with E-state index < -0.39 is 25.1 Å². The van der Waals surface area contributed by atoms with Crippen molar-refractivity contribution in [2.75, 3.05) is 19.0 Å². The van der Waals surface area contributed by atoms with E-state index >= 15 is 0 Å². The number of benzene rings is 2. The molecule has 2 rings (SSSR count). The Morgan fingerprint density at radius 3 is 2.46 bits per heavy atom. The number of esters is 1. The standard InChI is InChI=1S/C17H14ClF2NO5/c1-24-14-7-2-10(18)8-13(14)16(23)25-9-15(22)21-11-3-5-12(6-4-11)26-17(19)20/h2-8,17H,9H2,1H3,(H,21,22). The lowest BCUT2D eigenvalue weighted by Gasteiger charge is -2.10. The van der Waals surface area contributed by atoms with E-state index in [0.717, 1.165) is 0 Å². The number of ether oxygens (including phenoxy) is 3. The van der Waals surface area contributed by atoms with E-state index in [1.54, 1.807) is 6.07 Å².